The molecule has 0 heterocycles. The zero-order valence-electron chi connectivity index (χ0n) is 11.3. The van der Waals surface area contributed by atoms with Crippen LogP contribution >= 0.6 is 0 Å². The van der Waals surface area contributed by atoms with Gasteiger partial charge in [-0.15, -0.1) is 0 Å². The third-order valence-corrected chi connectivity index (χ3v) is 2.75. The Kier molecular flexibility index (Phi) is 4.94. The first-order valence-electron chi connectivity index (χ1n) is 6.05. The highest BCUT2D eigenvalue weighted by molar-refractivity contribution is 5.40. The number of hydrogen-bond donors (Lipinski definition) is 1. The summed E-state index contributed by atoms with van der Waals surface area (Å²) in [4.78, 5) is 0. The molecule has 0 amide bonds. The molecule has 0 radical (unpaired) electrons. The highest BCUT2D eigenvalue weighted by Gasteiger charge is 2.13. The van der Waals surface area contributed by atoms with Crippen molar-refractivity contribution >= 4 is 0 Å². The maximum Gasteiger partial charge on any atom is 0.131 e. The van der Waals surface area contributed by atoms with Crippen molar-refractivity contribution in [1.82, 2.24) is 5.32 Å². The van der Waals surface area contributed by atoms with E-state index < -0.39 is 0 Å². The summed E-state index contributed by atoms with van der Waals surface area (Å²) in [7, 11) is 1.58. The molecule has 0 aliphatic rings. The van der Waals surface area contributed by atoms with Gasteiger partial charge in [0, 0.05) is 18.2 Å². The smallest absolute Gasteiger partial charge is 0.131 e. The van der Waals surface area contributed by atoms with Gasteiger partial charge in [-0.3, -0.25) is 0 Å². The summed E-state index contributed by atoms with van der Waals surface area (Å²) in [6.45, 7) is 8.64. The minimum absolute atomic E-state index is 0.193. The molecule has 17 heavy (non-hydrogen) atoms. The molecule has 0 atom stereocenters. The standard InChI is InChI=1S/C14H22FNO/c1-9(2)11-6-13(15)12(8-16-10(3)4)14(7-11)17-5/h6-7,9-10,16H,8H2,1-5H3. The quantitative estimate of drug-likeness (QED) is 0.849. The summed E-state index contributed by atoms with van der Waals surface area (Å²) < 4.78 is 19.3. The first-order chi connectivity index (χ1) is 7.95. The number of nitrogens with one attached hydrogen (secondary N) is 1. The van der Waals surface area contributed by atoms with Crippen molar-refractivity contribution < 1.29 is 9.13 Å². The first kappa shape index (κ1) is 14.0. The fourth-order valence-electron chi connectivity index (χ4n) is 1.62. The Hall–Kier alpha value is -1.09. The second-order valence-corrected chi connectivity index (χ2v) is 4.87. The third kappa shape index (κ3) is 3.70. The number of benzene rings is 1. The average Bonchev–Trinajstić information content (AvgIpc) is 2.25. The number of methoxy groups -OCH3 is 1. The van der Waals surface area contributed by atoms with Gasteiger partial charge in [0.1, 0.15) is 11.6 Å². The third-order valence-electron chi connectivity index (χ3n) is 2.75. The Bertz CT molecular complexity index is 375. The second-order valence-electron chi connectivity index (χ2n) is 4.87. The predicted octanol–water partition coefficient (Wildman–Crippen LogP) is 3.46. The topological polar surface area (TPSA) is 21.3 Å². The molecule has 1 aromatic carbocycles. The minimum Gasteiger partial charge on any atom is -0.496 e. The molecule has 1 aromatic rings. The Balaban J connectivity index is 3.03. The summed E-state index contributed by atoms with van der Waals surface area (Å²) in [5, 5.41) is 3.21. The molecular weight excluding hydrogens is 217 g/mol. The van der Waals surface area contributed by atoms with Crippen molar-refractivity contribution in [3.8, 4) is 5.75 Å². The minimum atomic E-state index is -0.193. The summed E-state index contributed by atoms with van der Waals surface area (Å²) in [5.41, 5.74) is 1.57. The first-order valence-corrected chi connectivity index (χ1v) is 6.05. The van der Waals surface area contributed by atoms with Crippen molar-refractivity contribution in [3.63, 3.8) is 0 Å². The molecule has 0 saturated heterocycles. The van der Waals surface area contributed by atoms with Gasteiger partial charge in [0.2, 0.25) is 0 Å². The van der Waals surface area contributed by atoms with Crippen LogP contribution < -0.4 is 10.1 Å². The van der Waals surface area contributed by atoms with Gasteiger partial charge >= 0.3 is 0 Å². The lowest BCUT2D eigenvalue weighted by Gasteiger charge is -2.15. The van der Waals surface area contributed by atoms with Crippen LogP contribution in [0.25, 0.3) is 0 Å². The summed E-state index contributed by atoms with van der Waals surface area (Å²) in [6, 6.07) is 3.85. The van der Waals surface area contributed by atoms with Gasteiger partial charge in [-0.2, -0.15) is 0 Å². The molecule has 0 aliphatic heterocycles. The van der Waals surface area contributed by atoms with E-state index >= 15 is 0 Å². The van der Waals surface area contributed by atoms with Crippen LogP contribution in [0, 0.1) is 5.82 Å². The molecule has 0 bridgehead atoms. The molecule has 1 rings (SSSR count). The predicted molar refractivity (Wildman–Crippen MR) is 69.0 cm³/mol. The van der Waals surface area contributed by atoms with Crippen molar-refractivity contribution in [1.29, 1.82) is 0 Å². The Morgan fingerprint density at radius 1 is 1.24 bits per heavy atom. The number of halogens is 1. The Morgan fingerprint density at radius 3 is 2.35 bits per heavy atom. The van der Waals surface area contributed by atoms with Crippen LogP contribution in [0.15, 0.2) is 12.1 Å². The monoisotopic (exact) mass is 239 g/mol. The molecule has 0 unspecified atom stereocenters. The fourth-order valence-corrected chi connectivity index (χ4v) is 1.62. The van der Waals surface area contributed by atoms with Gasteiger partial charge < -0.3 is 10.1 Å². The van der Waals surface area contributed by atoms with E-state index in [9.17, 15) is 4.39 Å². The normalized spacial score (nSPS) is 11.3. The molecule has 96 valence electrons. The van der Waals surface area contributed by atoms with Gasteiger partial charge in [0.15, 0.2) is 0 Å². The van der Waals surface area contributed by atoms with Crippen LogP contribution in [0.1, 0.15) is 44.7 Å². The molecule has 0 fully saturated rings. The van der Waals surface area contributed by atoms with Gasteiger partial charge in [-0.05, 0) is 23.6 Å². The van der Waals surface area contributed by atoms with Gasteiger partial charge in [-0.1, -0.05) is 27.7 Å². The molecule has 0 saturated carbocycles. The lowest BCUT2D eigenvalue weighted by atomic mass is 10.00. The van der Waals surface area contributed by atoms with Crippen LogP contribution in [0.3, 0.4) is 0 Å². The number of hydrogen-bond acceptors (Lipinski definition) is 2. The average molecular weight is 239 g/mol. The largest absolute Gasteiger partial charge is 0.496 e. The van der Waals surface area contributed by atoms with Crippen LogP contribution in [0.5, 0.6) is 5.75 Å². The molecular formula is C14H22FNO. The van der Waals surface area contributed by atoms with E-state index in [4.69, 9.17) is 4.74 Å². The SMILES string of the molecule is COc1cc(C(C)C)cc(F)c1CNC(C)C. The summed E-state index contributed by atoms with van der Waals surface area (Å²) in [6.07, 6.45) is 0. The van der Waals surface area contributed by atoms with Crippen molar-refractivity contribution in [2.24, 2.45) is 0 Å². The molecule has 1 N–H and O–H groups in total. The van der Waals surface area contributed by atoms with Gasteiger partial charge in [0.05, 0.1) is 7.11 Å². The molecule has 0 aliphatic carbocycles. The summed E-state index contributed by atoms with van der Waals surface area (Å²) >= 11 is 0. The second kappa shape index (κ2) is 6.01. The zero-order valence-corrected chi connectivity index (χ0v) is 11.3. The van der Waals surface area contributed by atoms with Gasteiger partial charge in [-0.25, -0.2) is 4.39 Å². The molecule has 0 aromatic heterocycles. The molecule has 2 nitrogen and oxygen atoms in total. The Morgan fingerprint density at radius 2 is 1.88 bits per heavy atom. The van der Waals surface area contributed by atoms with E-state index in [1.165, 1.54) is 0 Å². The number of rotatable bonds is 5. The summed E-state index contributed by atoms with van der Waals surface area (Å²) in [5.74, 6) is 0.730. The van der Waals surface area contributed by atoms with E-state index in [1.54, 1.807) is 13.2 Å². The van der Waals surface area contributed by atoms with E-state index in [0.717, 1.165) is 5.56 Å². The lowest BCUT2D eigenvalue weighted by Crippen LogP contribution is -2.23. The maximum atomic E-state index is 14.0. The lowest BCUT2D eigenvalue weighted by molar-refractivity contribution is 0.399. The van der Waals surface area contributed by atoms with Crippen LogP contribution in [0.4, 0.5) is 4.39 Å². The van der Waals surface area contributed by atoms with Crippen LogP contribution in [-0.2, 0) is 6.54 Å². The van der Waals surface area contributed by atoms with Crippen molar-refractivity contribution in [3.05, 3.63) is 29.1 Å². The van der Waals surface area contributed by atoms with Crippen molar-refractivity contribution in [2.75, 3.05) is 7.11 Å². The molecule has 0 spiro atoms. The van der Waals surface area contributed by atoms with E-state index in [2.05, 4.69) is 5.32 Å². The Labute approximate surface area is 103 Å². The maximum absolute atomic E-state index is 14.0. The highest BCUT2D eigenvalue weighted by Crippen LogP contribution is 2.27. The zero-order chi connectivity index (χ0) is 13.0. The number of ether oxygens (including phenoxy) is 1. The van der Waals surface area contributed by atoms with Crippen molar-refractivity contribution in [2.45, 2.75) is 46.2 Å². The highest BCUT2D eigenvalue weighted by atomic mass is 19.1. The molecule has 3 heteroatoms. The van der Waals surface area contributed by atoms with Crippen LogP contribution in [0.2, 0.25) is 0 Å². The van der Waals surface area contributed by atoms with Crippen LogP contribution in [-0.4, -0.2) is 13.2 Å². The fraction of sp³-hybridized carbons (Fsp3) is 0.571. The van der Waals surface area contributed by atoms with E-state index in [1.807, 2.05) is 33.8 Å². The van der Waals surface area contributed by atoms with E-state index in [-0.39, 0.29) is 5.82 Å². The van der Waals surface area contributed by atoms with Gasteiger partial charge in [0.25, 0.3) is 0 Å². The van der Waals surface area contributed by atoms with E-state index in [0.29, 0.717) is 29.8 Å².